The van der Waals surface area contributed by atoms with Gasteiger partial charge >= 0.3 is 0 Å². The van der Waals surface area contributed by atoms with Gasteiger partial charge in [-0.25, -0.2) is 4.99 Å². The van der Waals surface area contributed by atoms with Gasteiger partial charge in [0, 0.05) is 17.2 Å². The second-order valence-corrected chi connectivity index (χ2v) is 4.98. The third-order valence-electron chi connectivity index (χ3n) is 2.36. The first kappa shape index (κ1) is 14.8. The molecule has 0 amide bonds. The summed E-state index contributed by atoms with van der Waals surface area (Å²) in [5.74, 6) is 0.354. The van der Waals surface area contributed by atoms with Crippen molar-refractivity contribution in [2.75, 3.05) is 0 Å². The lowest BCUT2D eigenvalue weighted by molar-refractivity contribution is 0.411. The average Bonchev–Trinajstić information content (AvgIpc) is 2.38. The van der Waals surface area contributed by atoms with Crippen LogP contribution in [0.1, 0.15) is 0 Å². The number of nitrogens with zero attached hydrogens (tertiary/aromatic N) is 1. The summed E-state index contributed by atoms with van der Waals surface area (Å²) < 4.78 is 5.52. The number of rotatable bonds is 3. The van der Waals surface area contributed by atoms with E-state index in [2.05, 4.69) is 4.99 Å². The molecule has 3 N–H and O–H groups in total. The summed E-state index contributed by atoms with van der Waals surface area (Å²) in [7, 11) is 0. The Balaban J connectivity index is 2.40. The van der Waals surface area contributed by atoms with E-state index in [1.54, 1.807) is 12.1 Å². The SMILES string of the molecule is NC=Nc1cc(Oc2ccc(Cl)cc2Cl)c(O)cc1Cl. The summed E-state index contributed by atoms with van der Waals surface area (Å²) in [5.41, 5.74) is 5.59. The van der Waals surface area contributed by atoms with Crippen molar-refractivity contribution in [2.45, 2.75) is 0 Å². The number of aromatic hydroxyl groups is 1. The summed E-state index contributed by atoms with van der Waals surface area (Å²) in [4.78, 5) is 3.86. The quantitative estimate of drug-likeness (QED) is 0.629. The van der Waals surface area contributed by atoms with Gasteiger partial charge in [-0.3, -0.25) is 0 Å². The van der Waals surface area contributed by atoms with Crippen molar-refractivity contribution in [3.63, 3.8) is 0 Å². The smallest absolute Gasteiger partial charge is 0.171 e. The molecule has 104 valence electrons. The molecule has 0 radical (unpaired) electrons. The van der Waals surface area contributed by atoms with Gasteiger partial charge < -0.3 is 15.6 Å². The molecule has 2 aromatic carbocycles. The number of phenolic OH excluding ortho intramolecular Hbond substituents is 1. The summed E-state index contributed by atoms with van der Waals surface area (Å²) in [6, 6.07) is 7.50. The predicted octanol–water partition coefficient (Wildman–Crippen LogP) is 4.76. The van der Waals surface area contributed by atoms with Crippen molar-refractivity contribution in [2.24, 2.45) is 10.7 Å². The Morgan fingerprint density at radius 3 is 2.45 bits per heavy atom. The van der Waals surface area contributed by atoms with Crippen molar-refractivity contribution in [3.05, 3.63) is 45.4 Å². The van der Waals surface area contributed by atoms with Crippen molar-refractivity contribution in [3.8, 4) is 17.2 Å². The molecule has 7 heteroatoms. The number of phenols is 1. The van der Waals surface area contributed by atoms with Crippen LogP contribution in [0.2, 0.25) is 15.1 Å². The maximum absolute atomic E-state index is 9.83. The number of nitrogens with two attached hydrogens (primary N) is 1. The Morgan fingerprint density at radius 1 is 1.05 bits per heavy atom. The van der Waals surface area contributed by atoms with Crippen molar-refractivity contribution >= 4 is 46.8 Å². The molecule has 0 saturated carbocycles. The van der Waals surface area contributed by atoms with Gasteiger partial charge in [0.05, 0.1) is 22.1 Å². The maximum atomic E-state index is 9.83. The van der Waals surface area contributed by atoms with Crippen LogP contribution in [0.5, 0.6) is 17.2 Å². The molecule has 0 aromatic heterocycles. The second-order valence-electron chi connectivity index (χ2n) is 3.73. The van der Waals surface area contributed by atoms with Gasteiger partial charge in [-0.1, -0.05) is 34.8 Å². The molecule has 0 aliphatic carbocycles. The first-order valence-electron chi connectivity index (χ1n) is 5.41. The van der Waals surface area contributed by atoms with E-state index in [9.17, 15) is 5.11 Å². The summed E-state index contributed by atoms with van der Waals surface area (Å²) >= 11 is 17.7. The summed E-state index contributed by atoms with van der Waals surface area (Å²) in [6.45, 7) is 0. The molecule has 0 fully saturated rings. The van der Waals surface area contributed by atoms with Crippen molar-refractivity contribution in [1.82, 2.24) is 0 Å². The fraction of sp³-hybridized carbons (Fsp3) is 0. The second kappa shape index (κ2) is 6.22. The number of aliphatic imine (C=N–C) groups is 1. The highest BCUT2D eigenvalue weighted by Crippen LogP contribution is 2.40. The third kappa shape index (κ3) is 3.28. The van der Waals surface area contributed by atoms with E-state index in [1.165, 1.54) is 18.2 Å². The molecule has 2 aromatic rings. The topological polar surface area (TPSA) is 67.8 Å². The van der Waals surface area contributed by atoms with E-state index in [-0.39, 0.29) is 16.5 Å². The van der Waals surface area contributed by atoms with Crippen LogP contribution in [0.15, 0.2) is 35.3 Å². The largest absolute Gasteiger partial charge is 0.504 e. The van der Waals surface area contributed by atoms with Crippen LogP contribution in [0.25, 0.3) is 0 Å². The van der Waals surface area contributed by atoms with Crippen molar-refractivity contribution < 1.29 is 9.84 Å². The molecule has 4 nitrogen and oxygen atoms in total. The summed E-state index contributed by atoms with van der Waals surface area (Å²) in [6.07, 6.45) is 1.09. The zero-order chi connectivity index (χ0) is 14.7. The fourth-order valence-electron chi connectivity index (χ4n) is 1.47. The molecule has 20 heavy (non-hydrogen) atoms. The minimum Gasteiger partial charge on any atom is -0.504 e. The monoisotopic (exact) mass is 330 g/mol. The van der Waals surface area contributed by atoms with Crippen LogP contribution in [0.4, 0.5) is 5.69 Å². The summed E-state index contributed by atoms with van der Waals surface area (Å²) in [5, 5.41) is 10.9. The maximum Gasteiger partial charge on any atom is 0.171 e. The van der Waals surface area contributed by atoms with Gasteiger partial charge in [-0.2, -0.15) is 0 Å². The molecule has 0 bridgehead atoms. The van der Waals surface area contributed by atoms with Crippen molar-refractivity contribution in [1.29, 1.82) is 0 Å². The first-order valence-corrected chi connectivity index (χ1v) is 6.54. The number of hydrogen-bond acceptors (Lipinski definition) is 3. The number of ether oxygens (including phenoxy) is 1. The molecule has 0 unspecified atom stereocenters. The lowest BCUT2D eigenvalue weighted by Crippen LogP contribution is -1.89. The Morgan fingerprint density at radius 2 is 1.80 bits per heavy atom. The van der Waals surface area contributed by atoms with Crippen LogP contribution in [-0.4, -0.2) is 11.4 Å². The average molecular weight is 332 g/mol. The minimum atomic E-state index is -0.142. The normalized spacial score (nSPS) is 10.9. The van der Waals surface area contributed by atoms with E-state index >= 15 is 0 Å². The molecule has 0 aliphatic rings. The first-order chi connectivity index (χ1) is 9.51. The third-order valence-corrected chi connectivity index (χ3v) is 3.19. The van der Waals surface area contributed by atoms with Gasteiger partial charge in [0.25, 0.3) is 0 Å². The number of halogens is 3. The van der Waals surface area contributed by atoms with E-state index in [4.69, 9.17) is 45.3 Å². The van der Waals surface area contributed by atoms with E-state index < -0.39 is 0 Å². The van der Waals surface area contributed by atoms with E-state index in [1.807, 2.05) is 0 Å². The predicted molar refractivity (Wildman–Crippen MR) is 82.0 cm³/mol. The van der Waals surface area contributed by atoms with Crippen LogP contribution in [-0.2, 0) is 0 Å². The minimum absolute atomic E-state index is 0.142. The Bertz CT molecular complexity index is 675. The van der Waals surface area contributed by atoms with Gasteiger partial charge in [0.15, 0.2) is 11.5 Å². The number of hydrogen-bond donors (Lipinski definition) is 2. The molecular formula is C13H9Cl3N2O2. The van der Waals surface area contributed by atoms with Gasteiger partial charge in [-0.15, -0.1) is 0 Å². The zero-order valence-corrected chi connectivity index (χ0v) is 12.2. The zero-order valence-electron chi connectivity index (χ0n) is 9.98. The van der Waals surface area contributed by atoms with Crippen LogP contribution in [0.3, 0.4) is 0 Å². The highest BCUT2D eigenvalue weighted by Gasteiger charge is 2.11. The lowest BCUT2D eigenvalue weighted by Gasteiger charge is -2.10. The molecular weight excluding hydrogens is 323 g/mol. The molecule has 0 spiro atoms. The lowest BCUT2D eigenvalue weighted by atomic mass is 10.2. The van der Waals surface area contributed by atoms with Gasteiger partial charge in [0.2, 0.25) is 0 Å². The molecule has 0 saturated heterocycles. The van der Waals surface area contributed by atoms with E-state index in [0.29, 0.717) is 21.5 Å². The standard InChI is InChI=1S/C13H9Cl3N2O2/c14-7-1-2-12(9(16)3-7)20-13-5-10(18-6-17)8(15)4-11(13)19/h1-6,19H,(H2,17,18). The molecule has 0 atom stereocenters. The Labute approximate surface area is 130 Å². The van der Waals surface area contributed by atoms with Gasteiger partial charge in [0.1, 0.15) is 5.75 Å². The highest BCUT2D eigenvalue weighted by atomic mass is 35.5. The number of benzene rings is 2. The highest BCUT2D eigenvalue weighted by molar-refractivity contribution is 6.35. The van der Waals surface area contributed by atoms with E-state index in [0.717, 1.165) is 6.34 Å². The molecule has 2 rings (SSSR count). The van der Waals surface area contributed by atoms with Crippen LogP contribution >= 0.6 is 34.8 Å². The Hall–Kier alpha value is -1.62. The Kier molecular flexibility index (Phi) is 4.60. The molecule has 0 heterocycles. The van der Waals surface area contributed by atoms with Crippen LogP contribution < -0.4 is 10.5 Å². The van der Waals surface area contributed by atoms with Crippen LogP contribution in [0, 0.1) is 0 Å². The fourth-order valence-corrected chi connectivity index (χ4v) is 2.12. The van der Waals surface area contributed by atoms with Gasteiger partial charge in [-0.05, 0) is 18.2 Å². The molecule has 0 aliphatic heterocycles.